The molecule has 3 aromatic carbocycles. The van der Waals surface area contributed by atoms with Crippen LogP contribution in [0.4, 0.5) is 0 Å². The zero-order chi connectivity index (χ0) is 36.9. The first-order valence-corrected chi connectivity index (χ1v) is 18.2. The summed E-state index contributed by atoms with van der Waals surface area (Å²) < 4.78 is 5.93. The highest BCUT2D eigenvalue weighted by atomic mass is 16.5. The van der Waals surface area contributed by atoms with Gasteiger partial charge < -0.3 is 31.3 Å². The molecule has 3 atom stereocenters. The Morgan fingerprint density at radius 2 is 1.50 bits per heavy atom. The largest absolute Gasteiger partial charge is 0.493 e. The van der Waals surface area contributed by atoms with Gasteiger partial charge >= 0.3 is 0 Å². The summed E-state index contributed by atoms with van der Waals surface area (Å²) in [5, 5.41) is 14.1. The Bertz CT molecular complexity index is 1680. The summed E-state index contributed by atoms with van der Waals surface area (Å²) in [7, 11) is 0. The summed E-state index contributed by atoms with van der Waals surface area (Å²) in [6, 6.07) is 20.8. The lowest BCUT2D eigenvalue weighted by molar-refractivity contribution is -0.133. The minimum atomic E-state index is -1.26. The van der Waals surface area contributed by atoms with Crippen molar-refractivity contribution in [3.63, 3.8) is 0 Å². The van der Waals surface area contributed by atoms with Gasteiger partial charge in [0.15, 0.2) is 0 Å². The van der Waals surface area contributed by atoms with Crippen molar-refractivity contribution in [2.24, 2.45) is 5.92 Å². The zero-order valence-corrected chi connectivity index (χ0v) is 30.0. The third-order valence-electron chi connectivity index (χ3n) is 9.30. The van der Waals surface area contributed by atoms with Gasteiger partial charge in [0.2, 0.25) is 23.6 Å². The van der Waals surface area contributed by atoms with E-state index in [4.69, 9.17) is 4.74 Å². The summed E-state index contributed by atoms with van der Waals surface area (Å²) in [5.74, 6) is -2.71. The van der Waals surface area contributed by atoms with E-state index in [0.717, 1.165) is 30.8 Å². The maximum atomic E-state index is 13.7. The fourth-order valence-electron chi connectivity index (χ4n) is 6.36. The van der Waals surface area contributed by atoms with Gasteiger partial charge in [-0.25, -0.2) is 0 Å². The number of nitrogens with zero attached hydrogens (tertiary/aromatic N) is 1. The van der Waals surface area contributed by atoms with Crippen molar-refractivity contribution in [2.75, 3.05) is 26.2 Å². The molecular weight excluding hydrogens is 660 g/mol. The molecule has 5 N–H and O–H groups in total. The number of para-hydroxylation sites is 1. The lowest BCUT2D eigenvalue weighted by Crippen LogP contribution is -2.57. The van der Waals surface area contributed by atoms with Gasteiger partial charge in [0.05, 0.1) is 18.6 Å². The van der Waals surface area contributed by atoms with Crippen LogP contribution < -0.4 is 31.3 Å². The number of hydrogen-bond acceptors (Lipinski definition) is 7. The number of nitrogens with one attached hydrogen (secondary N) is 5. The summed E-state index contributed by atoms with van der Waals surface area (Å²) >= 11 is 0. The number of carbonyl (C=O) groups is 5. The van der Waals surface area contributed by atoms with Gasteiger partial charge in [0.25, 0.3) is 5.91 Å². The number of benzene rings is 3. The van der Waals surface area contributed by atoms with Gasteiger partial charge in [-0.2, -0.15) is 0 Å². The van der Waals surface area contributed by atoms with Crippen molar-refractivity contribution in [3.05, 3.63) is 101 Å². The van der Waals surface area contributed by atoms with Gasteiger partial charge in [-0.05, 0) is 67.1 Å². The molecule has 0 spiro atoms. The highest BCUT2D eigenvalue weighted by Gasteiger charge is 2.32. The van der Waals surface area contributed by atoms with Crippen LogP contribution in [0.25, 0.3) is 0 Å². The number of fused-ring (bicyclic) bond motifs is 1. The Hall–Kier alpha value is -5.23. The molecule has 52 heavy (non-hydrogen) atoms. The normalized spacial score (nSPS) is 21.0. The van der Waals surface area contributed by atoms with E-state index in [9.17, 15) is 24.0 Å². The second kappa shape index (κ2) is 18.8. The molecule has 2 aliphatic rings. The average Bonchev–Trinajstić information content (AvgIpc) is 3.65. The highest BCUT2D eigenvalue weighted by molar-refractivity contribution is 6.01. The van der Waals surface area contributed by atoms with E-state index < -0.39 is 48.2 Å². The van der Waals surface area contributed by atoms with Crippen molar-refractivity contribution in [3.8, 4) is 5.75 Å². The molecule has 5 rings (SSSR count). The van der Waals surface area contributed by atoms with E-state index in [1.54, 1.807) is 38.1 Å². The Labute approximate surface area is 305 Å². The smallest absolute Gasteiger partial charge is 0.255 e. The SMILES string of the molecule is CC(C)[C@H]1NC(=O)C[C@@H](C(=O)NCc2ccc(CN3CCCC3)cc2)NC(=O)c2ccccc2OCCCNC(=O)[C@H](Cc2ccccc2)NC1=O. The van der Waals surface area contributed by atoms with Crippen LogP contribution in [-0.2, 0) is 38.7 Å². The molecule has 0 aliphatic carbocycles. The Balaban J connectivity index is 1.34. The number of ether oxygens (including phenoxy) is 1. The zero-order valence-electron chi connectivity index (χ0n) is 30.0. The molecular formula is C40H50N6O6. The molecule has 2 heterocycles. The minimum absolute atomic E-state index is 0.193. The van der Waals surface area contributed by atoms with Crippen LogP contribution in [0, 0.1) is 5.92 Å². The first-order chi connectivity index (χ1) is 25.2. The fraction of sp³-hybridized carbons (Fsp3) is 0.425. The van der Waals surface area contributed by atoms with Crippen molar-refractivity contribution in [1.29, 1.82) is 0 Å². The summed E-state index contributed by atoms with van der Waals surface area (Å²) in [4.78, 5) is 70.2. The fourth-order valence-corrected chi connectivity index (χ4v) is 6.36. The van der Waals surface area contributed by atoms with Crippen LogP contribution in [0.15, 0.2) is 78.9 Å². The van der Waals surface area contributed by atoms with Crippen LogP contribution in [0.1, 0.15) is 66.6 Å². The Kier molecular flexibility index (Phi) is 13.8. The lowest BCUT2D eigenvalue weighted by atomic mass is 10.0. The molecule has 0 aromatic heterocycles. The van der Waals surface area contributed by atoms with Gasteiger partial charge in [0, 0.05) is 26.1 Å². The van der Waals surface area contributed by atoms with Crippen molar-refractivity contribution in [2.45, 2.75) is 77.2 Å². The van der Waals surface area contributed by atoms with E-state index in [0.29, 0.717) is 12.2 Å². The quantitative estimate of drug-likeness (QED) is 0.241. The van der Waals surface area contributed by atoms with Gasteiger partial charge in [-0.3, -0.25) is 28.9 Å². The van der Waals surface area contributed by atoms with E-state index in [1.807, 2.05) is 54.6 Å². The topological polar surface area (TPSA) is 158 Å². The molecule has 1 saturated heterocycles. The second-order valence-corrected chi connectivity index (χ2v) is 13.8. The summed E-state index contributed by atoms with van der Waals surface area (Å²) in [5.41, 5.74) is 3.12. The van der Waals surface area contributed by atoms with Crippen LogP contribution in [0.2, 0.25) is 0 Å². The number of rotatable bonds is 8. The molecule has 12 heteroatoms. The molecule has 5 amide bonds. The monoisotopic (exact) mass is 710 g/mol. The van der Waals surface area contributed by atoms with Gasteiger partial charge in [0.1, 0.15) is 23.9 Å². The first-order valence-electron chi connectivity index (χ1n) is 18.2. The Morgan fingerprint density at radius 3 is 2.23 bits per heavy atom. The standard InChI is InChI=1S/C40H50N6O6/c1-27(2)36-40(51)44-32(23-28-11-4-3-5-12-28)38(49)41-19-10-22-52-34-14-7-6-13-31(34)37(48)43-33(24-35(47)45-36)39(50)42-25-29-15-17-30(18-16-29)26-46-20-8-9-21-46/h3-7,11-18,27,32-33,36H,8-10,19-26H2,1-2H3,(H,41,49)(H,42,50)(H,43,48)(H,44,51)(H,45,47)/t32-,33-,36+/m0/s1. The molecule has 1 fully saturated rings. The van der Waals surface area contributed by atoms with Crippen LogP contribution in [-0.4, -0.2) is 78.8 Å². The molecule has 2 aliphatic heterocycles. The molecule has 0 saturated carbocycles. The van der Waals surface area contributed by atoms with Crippen LogP contribution >= 0.6 is 0 Å². The maximum Gasteiger partial charge on any atom is 0.255 e. The van der Waals surface area contributed by atoms with E-state index >= 15 is 0 Å². The second-order valence-electron chi connectivity index (χ2n) is 13.8. The predicted octanol–water partition coefficient (Wildman–Crippen LogP) is 2.85. The molecule has 276 valence electrons. The van der Waals surface area contributed by atoms with Crippen LogP contribution in [0.5, 0.6) is 5.75 Å². The number of hydrogen-bond donors (Lipinski definition) is 5. The third kappa shape index (κ3) is 11.1. The first kappa shape index (κ1) is 38.0. The van der Waals surface area contributed by atoms with E-state index in [1.165, 1.54) is 18.4 Å². The Morgan fingerprint density at radius 1 is 0.808 bits per heavy atom. The molecule has 0 bridgehead atoms. The maximum absolute atomic E-state index is 13.7. The number of likely N-dealkylation sites (tertiary alicyclic amines) is 1. The molecule has 0 unspecified atom stereocenters. The molecule has 0 radical (unpaired) electrons. The van der Waals surface area contributed by atoms with Crippen LogP contribution in [0.3, 0.4) is 0 Å². The summed E-state index contributed by atoms with van der Waals surface area (Å²) in [6.45, 7) is 7.30. The van der Waals surface area contributed by atoms with Gasteiger partial charge in [-0.15, -0.1) is 0 Å². The highest BCUT2D eigenvalue weighted by Crippen LogP contribution is 2.19. The number of amides is 5. The van der Waals surface area contributed by atoms with E-state index in [-0.39, 0.29) is 43.5 Å². The van der Waals surface area contributed by atoms with Crippen molar-refractivity contribution >= 4 is 29.5 Å². The third-order valence-corrected chi connectivity index (χ3v) is 9.30. The van der Waals surface area contributed by atoms with Gasteiger partial charge in [-0.1, -0.05) is 80.6 Å². The van der Waals surface area contributed by atoms with Crippen molar-refractivity contribution in [1.82, 2.24) is 31.5 Å². The van der Waals surface area contributed by atoms with E-state index in [2.05, 4.69) is 31.5 Å². The van der Waals surface area contributed by atoms with Crippen molar-refractivity contribution < 1.29 is 28.7 Å². The summed E-state index contributed by atoms with van der Waals surface area (Å²) in [6.07, 6.45) is 2.69. The predicted molar refractivity (Wildman–Crippen MR) is 197 cm³/mol. The number of carbonyl (C=O) groups excluding carboxylic acids is 5. The molecule has 3 aromatic rings. The average molecular weight is 711 g/mol. The minimum Gasteiger partial charge on any atom is -0.493 e. The molecule has 12 nitrogen and oxygen atoms in total. The lowest BCUT2D eigenvalue weighted by Gasteiger charge is -2.26.